The summed E-state index contributed by atoms with van der Waals surface area (Å²) in [7, 11) is 0. The van der Waals surface area contributed by atoms with Crippen LogP contribution in [0.5, 0.6) is 0 Å². The number of likely N-dealkylation sites (tertiary alicyclic amines) is 1. The number of amidine groups is 2. The van der Waals surface area contributed by atoms with Crippen LogP contribution >= 0.6 is 0 Å². The van der Waals surface area contributed by atoms with E-state index in [2.05, 4.69) is 44.4 Å². The van der Waals surface area contributed by atoms with Crippen molar-refractivity contribution in [2.24, 2.45) is 16.6 Å². The highest BCUT2D eigenvalue weighted by Crippen LogP contribution is 2.24. The Balaban J connectivity index is 1.31. The normalized spacial score (nSPS) is 23.4. The maximum atomic E-state index is 12.3. The van der Waals surface area contributed by atoms with Gasteiger partial charge in [-0.1, -0.05) is 37.1 Å². The molecule has 1 aromatic carbocycles. The first-order chi connectivity index (χ1) is 15.5. The van der Waals surface area contributed by atoms with Gasteiger partial charge in [0.15, 0.2) is 0 Å². The number of piperazine rings is 1. The topological polar surface area (TPSA) is 107 Å². The average Bonchev–Trinajstić information content (AvgIpc) is 3.46. The summed E-state index contributed by atoms with van der Waals surface area (Å²) in [6, 6.07) is 8.04. The number of ether oxygens (including phenoxy) is 1. The second-order valence-electron chi connectivity index (χ2n) is 9.40. The SMILES string of the molecule is N=C(N=C(N)C1CN(Cc2cccc(CN3CCCC3)c2)CC(=O)N1)OCC1CCCC1. The van der Waals surface area contributed by atoms with Crippen LogP contribution in [0.4, 0.5) is 0 Å². The van der Waals surface area contributed by atoms with Crippen molar-refractivity contribution in [3.63, 3.8) is 0 Å². The van der Waals surface area contributed by atoms with Crippen LogP contribution < -0.4 is 11.1 Å². The van der Waals surface area contributed by atoms with Crippen molar-refractivity contribution < 1.29 is 9.53 Å². The van der Waals surface area contributed by atoms with Crippen molar-refractivity contribution in [3.8, 4) is 0 Å². The number of amides is 1. The Bertz CT molecular complexity index is 830. The lowest BCUT2D eigenvalue weighted by molar-refractivity contribution is -0.124. The largest absolute Gasteiger partial charge is 0.464 e. The van der Waals surface area contributed by atoms with E-state index in [0.717, 1.165) is 19.4 Å². The fraction of sp³-hybridized carbons (Fsp3) is 0.625. The Morgan fingerprint density at radius 2 is 1.81 bits per heavy atom. The van der Waals surface area contributed by atoms with Gasteiger partial charge in [-0.15, -0.1) is 0 Å². The molecule has 0 spiro atoms. The van der Waals surface area contributed by atoms with Crippen LogP contribution in [0, 0.1) is 11.3 Å². The van der Waals surface area contributed by atoms with E-state index in [9.17, 15) is 4.79 Å². The van der Waals surface area contributed by atoms with E-state index in [4.69, 9.17) is 15.9 Å². The summed E-state index contributed by atoms with van der Waals surface area (Å²) >= 11 is 0. The smallest absolute Gasteiger partial charge is 0.310 e. The summed E-state index contributed by atoms with van der Waals surface area (Å²) in [6.07, 6.45) is 7.35. The van der Waals surface area contributed by atoms with Crippen molar-refractivity contribution in [1.82, 2.24) is 15.1 Å². The second kappa shape index (κ2) is 10.9. The van der Waals surface area contributed by atoms with Gasteiger partial charge < -0.3 is 15.8 Å². The molecule has 1 atom stereocenters. The zero-order valence-corrected chi connectivity index (χ0v) is 18.9. The molecule has 1 saturated carbocycles. The zero-order valence-electron chi connectivity index (χ0n) is 18.9. The summed E-state index contributed by atoms with van der Waals surface area (Å²) in [5, 5.41) is 10.9. The average molecular weight is 441 g/mol. The van der Waals surface area contributed by atoms with Crippen LogP contribution in [0.3, 0.4) is 0 Å². The van der Waals surface area contributed by atoms with Gasteiger partial charge in [-0.25, -0.2) is 5.41 Å². The number of rotatable bonds is 7. The minimum absolute atomic E-state index is 0.0778. The second-order valence-corrected chi connectivity index (χ2v) is 9.40. The standard InChI is InChI=1S/C24H36N6O2/c25-23(28-24(26)32-17-18-6-1-2-7-18)21-15-30(16-22(31)27-21)14-20-9-5-8-19(12-20)13-29-10-3-4-11-29/h5,8-9,12,18,21H,1-4,6-7,10-11,13-17H2,(H,27,31)(H3,25,26,28). The van der Waals surface area contributed by atoms with Gasteiger partial charge in [0, 0.05) is 19.6 Å². The molecule has 174 valence electrons. The highest BCUT2D eigenvalue weighted by molar-refractivity contribution is 5.97. The molecule has 2 heterocycles. The fourth-order valence-corrected chi connectivity index (χ4v) is 4.98. The summed E-state index contributed by atoms with van der Waals surface area (Å²) < 4.78 is 5.49. The maximum Gasteiger partial charge on any atom is 0.310 e. The summed E-state index contributed by atoms with van der Waals surface area (Å²) in [5.74, 6) is 0.658. The van der Waals surface area contributed by atoms with Crippen LogP contribution in [0.2, 0.25) is 0 Å². The lowest BCUT2D eigenvalue weighted by atomic mass is 10.1. The van der Waals surface area contributed by atoms with Crippen LogP contribution in [-0.4, -0.2) is 66.4 Å². The van der Waals surface area contributed by atoms with E-state index in [1.165, 1.54) is 49.9 Å². The molecule has 0 radical (unpaired) electrons. The summed E-state index contributed by atoms with van der Waals surface area (Å²) in [4.78, 5) is 21.0. The first kappa shape index (κ1) is 22.7. The molecule has 32 heavy (non-hydrogen) atoms. The van der Waals surface area contributed by atoms with E-state index < -0.39 is 6.04 Å². The summed E-state index contributed by atoms with van der Waals surface area (Å²) in [6.45, 7) is 5.43. The van der Waals surface area contributed by atoms with E-state index >= 15 is 0 Å². The molecule has 0 aromatic heterocycles. The van der Waals surface area contributed by atoms with Gasteiger partial charge in [-0.2, -0.15) is 4.99 Å². The third-order valence-electron chi connectivity index (χ3n) is 6.66. The molecular formula is C24H36N6O2. The van der Waals surface area contributed by atoms with Crippen LogP contribution in [0.25, 0.3) is 0 Å². The molecule has 1 unspecified atom stereocenters. The van der Waals surface area contributed by atoms with E-state index in [-0.39, 0.29) is 17.8 Å². The van der Waals surface area contributed by atoms with E-state index in [0.29, 0.717) is 32.2 Å². The highest BCUT2D eigenvalue weighted by Gasteiger charge is 2.27. The number of nitrogens with two attached hydrogens (primary N) is 1. The Labute approximate surface area is 190 Å². The molecule has 3 fully saturated rings. The summed E-state index contributed by atoms with van der Waals surface area (Å²) in [5.41, 5.74) is 8.66. The minimum Gasteiger partial charge on any atom is -0.464 e. The first-order valence-corrected chi connectivity index (χ1v) is 11.9. The Hall–Kier alpha value is -2.45. The number of hydrogen-bond donors (Lipinski definition) is 3. The Kier molecular flexibility index (Phi) is 7.76. The van der Waals surface area contributed by atoms with Gasteiger partial charge in [0.05, 0.1) is 19.2 Å². The number of aliphatic imine (C=N–C) groups is 1. The molecule has 4 rings (SSSR count). The van der Waals surface area contributed by atoms with Gasteiger partial charge in [0.2, 0.25) is 5.91 Å². The molecule has 8 heteroatoms. The van der Waals surface area contributed by atoms with Crippen molar-refractivity contribution in [3.05, 3.63) is 35.4 Å². The number of hydrogen-bond acceptors (Lipinski definition) is 5. The molecule has 4 N–H and O–H groups in total. The van der Waals surface area contributed by atoms with Crippen LogP contribution in [-0.2, 0) is 22.6 Å². The lowest BCUT2D eigenvalue weighted by Gasteiger charge is -2.32. The molecular weight excluding hydrogens is 404 g/mol. The highest BCUT2D eigenvalue weighted by atomic mass is 16.5. The van der Waals surface area contributed by atoms with Gasteiger partial charge in [-0.3, -0.25) is 14.6 Å². The van der Waals surface area contributed by atoms with Crippen LogP contribution in [0.15, 0.2) is 29.3 Å². The first-order valence-electron chi connectivity index (χ1n) is 11.9. The number of carbonyl (C=O) groups is 1. The predicted molar refractivity (Wildman–Crippen MR) is 125 cm³/mol. The maximum absolute atomic E-state index is 12.3. The van der Waals surface area contributed by atoms with Crippen molar-refractivity contribution >= 4 is 17.8 Å². The molecule has 1 amide bonds. The van der Waals surface area contributed by atoms with Crippen molar-refractivity contribution in [2.45, 2.75) is 57.7 Å². The van der Waals surface area contributed by atoms with Crippen molar-refractivity contribution in [2.75, 3.05) is 32.8 Å². The fourth-order valence-electron chi connectivity index (χ4n) is 4.98. The molecule has 0 bridgehead atoms. The van der Waals surface area contributed by atoms with Gasteiger partial charge in [-0.05, 0) is 55.8 Å². The zero-order chi connectivity index (χ0) is 22.3. The molecule has 2 aliphatic heterocycles. The van der Waals surface area contributed by atoms with Crippen LogP contribution in [0.1, 0.15) is 49.7 Å². The minimum atomic E-state index is -0.417. The number of nitrogens with one attached hydrogen (secondary N) is 2. The number of nitrogens with zero attached hydrogens (tertiary/aromatic N) is 3. The van der Waals surface area contributed by atoms with E-state index in [1.807, 2.05) is 0 Å². The molecule has 2 saturated heterocycles. The van der Waals surface area contributed by atoms with Gasteiger partial charge in [0.1, 0.15) is 5.84 Å². The molecule has 1 aliphatic carbocycles. The predicted octanol–water partition coefficient (Wildman–Crippen LogP) is 2.08. The molecule has 3 aliphatic rings. The molecule has 1 aromatic rings. The number of carbonyl (C=O) groups excluding carboxylic acids is 1. The Morgan fingerprint density at radius 3 is 2.53 bits per heavy atom. The third-order valence-corrected chi connectivity index (χ3v) is 6.66. The number of benzene rings is 1. The quantitative estimate of drug-likeness (QED) is 0.445. The van der Waals surface area contributed by atoms with E-state index in [1.54, 1.807) is 0 Å². The van der Waals surface area contributed by atoms with Crippen molar-refractivity contribution in [1.29, 1.82) is 5.41 Å². The lowest BCUT2D eigenvalue weighted by Crippen LogP contribution is -2.58. The van der Waals surface area contributed by atoms with Gasteiger partial charge >= 0.3 is 6.02 Å². The third kappa shape index (κ3) is 6.53. The monoisotopic (exact) mass is 440 g/mol. The van der Waals surface area contributed by atoms with Gasteiger partial charge in [0.25, 0.3) is 0 Å². The Morgan fingerprint density at radius 1 is 1.12 bits per heavy atom. The molecule has 8 nitrogen and oxygen atoms in total.